The van der Waals surface area contributed by atoms with Crippen LogP contribution >= 0.6 is 0 Å². The summed E-state index contributed by atoms with van der Waals surface area (Å²) in [6.07, 6.45) is 0. The molecular formula is C27H20O8. The summed E-state index contributed by atoms with van der Waals surface area (Å²) in [5.74, 6) is 1.22. The van der Waals surface area contributed by atoms with Crippen molar-refractivity contribution in [2.24, 2.45) is 0 Å². The predicted octanol–water partition coefficient (Wildman–Crippen LogP) is 5.45. The fourth-order valence-electron chi connectivity index (χ4n) is 3.95. The van der Waals surface area contributed by atoms with Gasteiger partial charge < -0.3 is 27.8 Å². The van der Waals surface area contributed by atoms with Gasteiger partial charge in [-0.25, -0.2) is 9.59 Å². The number of rotatable bonds is 6. The lowest BCUT2D eigenvalue weighted by Crippen LogP contribution is -2.12. The number of para-hydroxylation sites is 1. The van der Waals surface area contributed by atoms with E-state index >= 15 is 0 Å². The molecule has 0 saturated heterocycles. The Morgan fingerprint density at radius 2 is 1.46 bits per heavy atom. The highest BCUT2D eigenvalue weighted by Gasteiger charge is 2.21. The molecule has 0 amide bonds. The molecule has 0 bridgehead atoms. The van der Waals surface area contributed by atoms with Crippen molar-refractivity contribution in [1.82, 2.24) is 0 Å². The van der Waals surface area contributed by atoms with Crippen molar-refractivity contribution in [3.8, 4) is 34.3 Å². The Kier molecular flexibility index (Phi) is 5.62. The molecule has 8 heteroatoms. The lowest BCUT2D eigenvalue weighted by Gasteiger charge is -2.12. The van der Waals surface area contributed by atoms with Gasteiger partial charge in [-0.3, -0.25) is 0 Å². The van der Waals surface area contributed by atoms with Crippen molar-refractivity contribution in [3.05, 3.63) is 82.7 Å². The molecule has 3 aromatic carbocycles. The number of furan rings is 1. The number of methoxy groups -OCH3 is 3. The average molecular weight is 472 g/mol. The first kappa shape index (κ1) is 22.1. The van der Waals surface area contributed by atoms with Crippen molar-refractivity contribution in [2.75, 3.05) is 21.3 Å². The molecule has 0 spiro atoms. The Morgan fingerprint density at radius 1 is 0.771 bits per heavy atom. The summed E-state index contributed by atoms with van der Waals surface area (Å²) in [5, 5.41) is 1.34. The zero-order chi connectivity index (χ0) is 24.5. The molecule has 0 saturated carbocycles. The van der Waals surface area contributed by atoms with Crippen molar-refractivity contribution in [1.29, 1.82) is 0 Å². The lowest BCUT2D eigenvalue weighted by molar-refractivity contribution is 0.0727. The molecular weight excluding hydrogens is 452 g/mol. The molecule has 176 valence electrons. The van der Waals surface area contributed by atoms with E-state index in [1.807, 2.05) is 18.2 Å². The van der Waals surface area contributed by atoms with Crippen LogP contribution in [0, 0.1) is 0 Å². The van der Waals surface area contributed by atoms with Gasteiger partial charge >= 0.3 is 11.6 Å². The summed E-state index contributed by atoms with van der Waals surface area (Å²) < 4.78 is 33.0. The van der Waals surface area contributed by atoms with Crippen LogP contribution in [-0.2, 0) is 0 Å². The molecule has 2 heterocycles. The van der Waals surface area contributed by atoms with Gasteiger partial charge in [0, 0.05) is 22.4 Å². The summed E-state index contributed by atoms with van der Waals surface area (Å²) in [5.41, 5.74) is 0.972. The second-order valence-corrected chi connectivity index (χ2v) is 7.55. The highest BCUT2D eigenvalue weighted by Crippen LogP contribution is 2.37. The summed E-state index contributed by atoms with van der Waals surface area (Å²) in [4.78, 5) is 25.3. The third-order valence-corrected chi connectivity index (χ3v) is 5.55. The minimum Gasteiger partial charge on any atom is -0.496 e. The minimum absolute atomic E-state index is 0.154. The maximum Gasteiger partial charge on any atom is 0.351 e. The molecule has 0 fully saturated rings. The summed E-state index contributed by atoms with van der Waals surface area (Å²) in [7, 11) is 4.47. The molecule has 5 aromatic rings. The quantitative estimate of drug-likeness (QED) is 0.183. The van der Waals surface area contributed by atoms with E-state index in [9.17, 15) is 9.59 Å². The second kappa shape index (κ2) is 8.90. The van der Waals surface area contributed by atoms with Gasteiger partial charge in [-0.05, 0) is 42.5 Å². The first-order valence-corrected chi connectivity index (χ1v) is 10.6. The monoisotopic (exact) mass is 472 g/mol. The third kappa shape index (κ3) is 3.95. The van der Waals surface area contributed by atoms with Gasteiger partial charge in [0.25, 0.3) is 0 Å². The molecule has 0 aliphatic carbocycles. The van der Waals surface area contributed by atoms with E-state index in [4.69, 9.17) is 27.8 Å². The standard InChI is InChI=1S/C27H20O8/c1-30-20-7-5-8-21(31-2)25(20)27(29)33-16-10-11-19-17(13-16)18(14-24(28)34-19)23-12-15-6-4-9-22(32-3)26(15)35-23/h4-14H,1-3H3. The number of benzene rings is 3. The third-order valence-electron chi connectivity index (χ3n) is 5.55. The fraction of sp³-hybridized carbons (Fsp3) is 0.111. The Bertz CT molecular complexity index is 1600. The SMILES string of the molecule is COc1cccc(OC)c1C(=O)Oc1ccc2oc(=O)cc(-c3cc4cccc(OC)c4o3)c2c1. The van der Waals surface area contributed by atoms with Crippen LogP contribution in [0.2, 0.25) is 0 Å². The first-order chi connectivity index (χ1) is 17.0. The van der Waals surface area contributed by atoms with Crippen molar-refractivity contribution in [2.45, 2.75) is 0 Å². The summed E-state index contributed by atoms with van der Waals surface area (Å²) in [6, 6.07) is 18.4. The van der Waals surface area contributed by atoms with Crippen molar-refractivity contribution in [3.63, 3.8) is 0 Å². The van der Waals surface area contributed by atoms with E-state index in [2.05, 4.69) is 0 Å². The van der Waals surface area contributed by atoms with E-state index in [-0.39, 0.29) is 11.3 Å². The van der Waals surface area contributed by atoms with Crippen LogP contribution in [0.4, 0.5) is 0 Å². The summed E-state index contributed by atoms with van der Waals surface area (Å²) >= 11 is 0. The van der Waals surface area contributed by atoms with E-state index in [0.29, 0.717) is 45.1 Å². The van der Waals surface area contributed by atoms with Gasteiger partial charge in [-0.15, -0.1) is 0 Å². The molecule has 0 aliphatic heterocycles. The molecule has 2 aromatic heterocycles. The van der Waals surface area contributed by atoms with Crippen LogP contribution in [0.1, 0.15) is 10.4 Å². The highest BCUT2D eigenvalue weighted by molar-refractivity contribution is 5.99. The van der Waals surface area contributed by atoms with Crippen LogP contribution < -0.4 is 24.6 Å². The Morgan fingerprint density at radius 3 is 2.17 bits per heavy atom. The Hall–Kier alpha value is -4.72. The molecule has 35 heavy (non-hydrogen) atoms. The van der Waals surface area contributed by atoms with Crippen LogP contribution in [0.3, 0.4) is 0 Å². The van der Waals surface area contributed by atoms with E-state index in [1.165, 1.54) is 26.4 Å². The summed E-state index contributed by atoms with van der Waals surface area (Å²) in [6.45, 7) is 0. The molecule has 0 radical (unpaired) electrons. The average Bonchev–Trinajstić information content (AvgIpc) is 3.32. The maximum absolute atomic E-state index is 13.0. The number of hydrogen-bond acceptors (Lipinski definition) is 8. The fourth-order valence-corrected chi connectivity index (χ4v) is 3.95. The largest absolute Gasteiger partial charge is 0.496 e. The molecule has 0 aliphatic rings. The molecule has 8 nitrogen and oxygen atoms in total. The van der Waals surface area contributed by atoms with Crippen LogP contribution in [0.25, 0.3) is 33.3 Å². The van der Waals surface area contributed by atoms with Gasteiger partial charge in [-0.1, -0.05) is 18.2 Å². The van der Waals surface area contributed by atoms with Crippen LogP contribution in [0.15, 0.2) is 80.4 Å². The van der Waals surface area contributed by atoms with E-state index in [1.54, 1.807) is 43.5 Å². The Balaban J connectivity index is 1.60. The van der Waals surface area contributed by atoms with Crippen LogP contribution in [0.5, 0.6) is 23.0 Å². The lowest BCUT2D eigenvalue weighted by atomic mass is 10.1. The van der Waals surface area contributed by atoms with E-state index in [0.717, 1.165) is 5.39 Å². The number of carbonyl (C=O) groups excluding carboxylic acids is 1. The van der Waals surface area contributed by atoms with Crippen molar-refractivity contribution < 1.29 is 32.6 Å². The van der Waals surface area contributed by atoms with Gasteiger partial charge in [0.15, 0.2) is 11.3 Å². The number of ether oxygens (including phenoxy) is 4. The Labute approximate surface area is 199 Å². The molecule has 5 rings (SSSR count). The molecule has 0 unspecified atom stereocenters. The number of esters is 1. The minimum atomic E-state index is -0.661. The number of hydrogen-bond donors (Lipinski definition) is 0. The van der Waals surface area contributed by atoms with Crippen LogP contribution in [-0.4, -0.2) is 27.3 Å². The van der Waals surface area contributed by atoms with E-state index < -0.39 is 11.6 Å². The highest BCUT2D eigenvalue weighted by atomic mass is 16.5. The first-order valence-electron chi connectivity index (χ1n) is 10.6. The number of carbonyl (C=O) groups is 1. The molecule has 0 N–H and O–H groups in total. The topological polar surface area (TPSA) is 97.3 Å². The van der Waals surface area contributed by atoms with Gasteiger partial charge in [-0.2, -0.15) is 0 Å². The van der Waals surface area contributed by atoms with Gasteiger partial charge in [0.1, 0.15) is 34.2 Å². The smallest absolute Gasteiger partial charge is 0.351 e. The zero-order valence-electron chi connectivity index (χ0n) is 19.1. The van der Waals surface area contributed by atoms with Gasteiger partial charge in [0.2, 0.25) is 0 Å². The maximum atomic E-state index is 13.0. The van der Waals surface area contributed by atoms with Gasteiger partial charge in [0.05, 0.1) is 21.3 Å². The normalized spacial score (nSPS) is 10.9. The molecule has 0 atom stereocenters. The zero-order valence-corrected chi connectivity index (χ0v) is 19.1. The predicted molar refractivity (Wildman–Crippen MR) is 129 cm³/mol. The van der Waals surface area contributed by atoms with Crippen molar-refractivity contribution >= 4 is 27.9 Å². The second-order valence-electron chi connectivity index (χ2n) is 7.55. The number of fused-ring (bicyclic) bond motifs is 2.